The number of nitrogens with one attached hydrogen (secondary N) is 2. The van der Waals surface area contributed by atoms with Gasteiger partial charge >= 0.3 is 11.8 Å². The minimum atomic E-state index is -0.667. The number of ether oxygens (including phenoxy) is 1. The molecule has 1 heterocycles. The quantitative estimate of drug-likeness (QED) is 0.612. The molecule has 2 amide bonds. The zero-order valence-corrected chi connectivity index (χ0v) is 15.2. The topological polar surface area (TPSA) is 70.7 Å². The van der Waals surface area contributed by atoms with Crippen LogP contribution >= 0.6 is 0 Å². The first-order valence-electron chi connectivity index (χ1n) is 8.58. The van der Waals surface area contributed by atoms with Gasteiger partial charge in [-0.3, -0.25) is 14.5 Å². The molecule has 6 heteroatoms. The summed E-state index contributed by atoms with van der Waals surface area (Å²) in [5.41, 5.74) is 1.43. The number of likely N-dealkylation sites (tertiary alicyclic amines) is 1. The van der Waals surface area contributed by atoms with Crippen LogP contribution in [0, 0.1) is 0 Å². The maximum Gasteiger partial charge on any atom is 0.313 e. The van der Waals surface area contributed by atoms with Crippen molar-refractivity contribution >= 4 is 17.5 Å². The Morgan fingerprint density at radius 1 is 1.36 bits per heavy atom. The maximum absolute atomic E-state index is 12.1. The molecule has 0 bridgehead atoms. The molecule has 0 spiro atoms. The van der Waals surface area contributed by atoms with E-state index in [0.717, 1.165) is 25.1 Å². The van der Waals surface area contributed by atoms with E-state index in [4.69, 9.17) is 4.74 Å². The first-order valence-corrected chi connectivity index (χ1v) is 8.58. The van der Waals surface area contributed by atoms with Crippen molar-refractivity contribution in [2.24, 2.45) is 0 Å². The summed E-state index contributed by atoms with van der Waals surface area (Å²) >= 11 is 0. The highest BCUT2D eigenvalue weighted by Gasteiger charge is 2.27. The number of carbonyl (C=O) groups excluding carboxylic acids is 2. The van der Waals surface area contributed by atoms with Gasteiger partial charge in [-0.2, -0.15) is 0 Å². The number of hydrogen-bond acceptors (Lipinski definition) is 4. The van der Waals surface area contributed by atoms with Crippen LogP contribution in [0.2, 0.25) is 0 Å². The molecular weight excluding hydrogens is 318 g/mol. The maximum atomic E-state index is 12.1. The van der Waals surface area contributed by atoms with Crippen LogP contribution in [-0.2, 0) is 9.59 Å². The van der Waals surface area contributed by atoms with E-state index >= 15 is 0 Å². The Morgan fingerprint density at radius 2 is 2.12 bits per heavy atom. The highest BCUT2D eigenvalue weighted by Crippen LogP contribution is 2.18. The summed E-state index contributed by atoms with van der Waals surface area (Å²) in [5.74, 6) is -0.659. The van der Waals surface area contributed by atoms with Crippen LogP contribution in [0.4, 0.5) is 5.69 Å². The molecule has 25 heavy (non-hydrogen) atoms. The second-order valence-corrected chi connectivity index (χ2v) is 6.78. The number of nitrogens with zero attached hydrogens (tertiary/aromatic N) is 1. The van der Waals surface area contributed by atoms with Crippen molar-refractivity contribution in [1.82, 2.24) is 10.2 Å². The molecule has 1 fully saturated rings. The van der Waals surface area contributed by atoms with Gasteiger partial charge in [-0.15, -0.1) is 0 Å². The molecule has 0 radical (unpaired) electrons. The number of benzene rings is 1. The zero-order valence-electron chi connectivity index (χ0n) is 15.2. The van der Waals surface area contributed by atoms with Gasteiger partial charge in [0, 0.05) is 36.9 Å². The molecule has 1 aliphatic heterocycles. The van der Waals surface area contributed by atoms with E-state index in [1.165, 1.54) is 0 Å². The second kappa shape index (κ2) is 8.67. The number of carbonyl (C=O) groups is 2. The highest BCUT2D eigenvalue weighted by atomic mass is 16.5. The second-order valence-electron chi connectivity index (χ2n) is 6.78. The van der Waals surface area contributed by atoms with Gasteiger partial charge in [-0.05, 0) is 44.9 Å². The average Bonchev–Trinajstić information content (AvgIpc) is 3.02. The zero-order chi connectivity index (χ0) is 18.4. The molecule has 0 aromatic heterocycles. The predicted octanol–water partition coefficient (Wildman–Crippen LogP) is 2.18. The molecule has 0 aliphatic carbocycles. The van der Waals surface area contributed by atoms with Gasteiger partial charge in [0.2, 0.25) is 0 Å². The lowest BCUT2D eigenvalue weighted by Crippen LogP contribution is -2.43. The van der Waals surface area contributed by atoms with Crippen molar-refractivity contribution in [3.05, 3.63) is 36.4 Å². The van der Waals surface area contributed by atoms with Crippen molar-refractivity contribution < 1.29 is 14.3 Å². The summed E-state index contributed by atoms with van der Waals surface area (Å²) < 4.78 is 5.54. The summed E-state index contributed by atoms with van der Waals surface area (Å²) in [6.45, 7) is 12.0. The summed E-state index contributed by atoms with van der Waals surface area (Å²) in [7, 11) is 0. The first kappa shape index (κ1) is 19.0. The van der Waals surface area contributed by atoms with E-state index in [9.17, 15) is 9.59 Å². The van der Waals surface area contributed by atoms with Crippen LogP contribution in [0.25, 0.3) is 0 Å². The smallest absolute Gasteiger partial charge is 0.313 e. The Morgan fingerprint density at radius 3 is 2.76 bits per heavy atom. The fourth-order valence-corrected chi connectivity index (χ4v) is 2.68. The van der Waals surface area contributed by atoms with Crippen LogP contribution in [0.1, 0.15) is 27.2 Å². The number of hydrogen-bond donors (Lipinski definition) is 2. The van der Waals surface area contributed by atoms with E-state index in [1.54, 1.807) is 24.3 Å². The third kappa shape index (κ3) is 5.90. The Hall–Kier alpha value is -2.34. The molecule has 1 aromatic rings. The van der Waals surface area contributed by atoms with Gasteiger partial charge in [0.05, 0.1) is 0 Å². The van der Waals surface area contributed by atoms with Crippen LogP contribution in [-0.4, -0.2) is 48.5 Å². The molecular formula is C19H27N3O3. The van der Waals surface area contributed by atoms with Gasteiger partial charge in [0.25, 0.3) is 0 Å². The fourth-order valence-electron chi connectivity index (χ4n) is 2.68. The molecule has 1 atom stereocenters. The van der Waals surface area contributed by atoms with Crippen LogP contribution in [0.15, 0.2) is 36.4 Å². The largest absolute Gasteiger partial charge is 0.489 e. The lowest BCUT2D eigenvalue weighted by atomic mass is 10.2. The van der Waals surface area contributed by atoms with Crippen molar-refractivity contribution in [3.8, 4) is 5.75 Å². The van der Waals surface area contributed by atoms with Gasteiger partial charge < -0.3 is 15.4 Å². The Bertz CT molecular complexity index is 643. The van der Waals surface area contributed by atoms with Gasteiger partial charge in [0.15, 0.2) is 0 Å². The van der Waals surface area contributed by atoms with Crippen molar-refractivity contribution in [2.45, 2.75) is 39.3 Å². The van der Waals surface area contributed by atoms with Crippen LogP contribution < -0.4 is 15.4 Å². The third-order valence-corrected chi connectivity index (χ3v) is 4.07. The van der Waals surface area contributed by atoms with Crippen LogP contribution in [0.5, 0.6) is 5.75 Å². The van der Waals surface area contributed by atoms with Gasteiger partial charge in [-0.25, -0.2) is 0 Å². The number of anilines is 1. The monoisotopic (exact) mass is 345 g/mol. The summed E-state index contributed by atoms with van der Waals surface area (Å²) in [6, 6.07) is 7.42. The highest BCUT2D eigenvalue weighted by molar-refractivity contribution is 6.39. The van der Waals surface area contributed by atoms with E-state index in [-0.39, 0.29) is 6.04 Å². The molecule has 2 rings (SSSR count). The lowest BCUT2D eigenvalue weighted by Gasteiger charge is -2.20. The molecule has 1 saturated heterocycles. The minimum absolute atomic E-state index is 0.0193. The Kier molecular flexibility index (Phi) is 6.58. The molecule has 136 valence electrons. The van der Waals surface area contributed by atoms with Crippen molar-refractivity contribution in [2.75, 3.05) is 25.0 Å². The summed E-state index contributed by atoms with van der Waals surface area (Å²) in [4.78, 5) is 26.5. The molecule has 0 unspecified atom stereocenters. The lowest BCUT2D eigenvalue weighted by molar-refractivity contribution is -0.136. The Balaban J connectivity index is 1.86. The van der Waals surface area contributed by atoms with Crippen LogP contribution in [0.3, 0.4) is 0 Å². The van der Waals surface area contributed by atoms with Gasteiger partial charge in [0.1, 0.15) is 12.4 Å². The van der Waals surface area contributed by atoms with E-state index in [0.29, 0.717) is 24.1 Å². The van der Waals surface area contributed by atoms with E-state index in [1.807, 2.05) is 6.92 Å². The van der Waals surface area contributed by atoms with E-state index in [2.05, 4.69) is 36.0 Å². The van der Waals surface area contributed by atoms with Crippen molar-refractivity contribution in [3.63, 3.8) is 0 Å². The van der Waals surface area contributed by atoms with E-state index < -0.39 is 11.8 Å². The number of amides is 2. The predicted molar refractivity (Wildman–Crippen MR) is 98.6 cm³/mol. The Labute approximate surface area is 149 Å². The SMILES string of the molecule is C=C(C)COc1cccc(NC(=O)C(=O)N[C@@H]2CCN(C(C)C)C2)c1. The summed E-state index contributed by atoms with van der Waals surface area (Å²) in [6.07, 6.45) is 0.863. The third-order valence-electron chi connectivity index (χ3n) is 4.07. The molecule has 1 aliphatic rings. The van der Waals surface area contributed by atoms with Gasteiger partial charge in [-0.1, -0.05) is 12.6 Å². The fraction of sp³-hybridized carbons (Fsp3) is 0.474. The molecule has 0 saturated carbocycles. The standard InChI is InChI=1S/C19H27N3O3/c1-13(2)12-25-17-7-5-6-15(10-17)20-18(23)19(24)21-16-8-9-22(11-16)14(3)4/h5-7,10,14,16H,1,8-9,11-12H2,2-4H3,(H,20,23)(H,21,24)/t16-/m1/s1. The molecule has 6 nitrogen and oxygen atoms in total. The van der Waals surface area contributed by atoms with Crippen molar-refractivity contribution in [1.29, 1.82) is 0 Å². The average molecular weight is 345 g/mol. The normalized spacial score (nSPS) is 17.4. The summed E-state index contributed by atoms with van der Waals surface area (Å²) in [5, 5.41) is 5.41. The first-order chi connectivity index (χ1) is 11.8. The molecule has 2 N–H and O–H groups in total. The minimum Gasteiger partial charge on any atom is -0.489 e. The molecule has 1 aromatic carbocycles. The number of rotatable bonds is 6.